The zero-order valence-corrected chi connectivity index (χ0v) is 13.0. The molecule has 0 aromatic carbocycles. The van der Waals surface area contributed by atoms with Crippen LogP contribution in [0.4, 0.5) is 11.6 Å². The van der Waals surface area contributed by atoms with Gasteiger partial charge in [0, 0.05) is 25.1 Å². The maximum Gasteiger partial charge on any atom is 0.243 e. The Hall–Kier alpha value is -1.89. The molecular formula is C14H25N5O2. The highest BCUT2D eigenvalue weighted by molar-refractivity contribution is 5.74. The van der Waals surface area contributed by atoms with Crippen LogP contribution >= 0.6 is 0 Å². The van der Waals surface area contributed by atoms with Crippen molar-refractivity contribution >= 4 is 17.5 Å². The van der Waals surface area contributed by atoms with Crippen LogP contribution in [0.15, 0.2) is 0 Å². The van der Waals surface area contributed by atoms with Crippen LogP contribution in [0.3, 0.4) is 0 Å². The molecule has 0 saturated carbocycles. The number of anilines is 2. The van der Waals surface area contributed by atoms with E-state index in [9.17, 15) is 4.79 Å². The van der Waals surface area contributed by atoms with E-state index in [-0.39, 0.29) is 6.61 Å². The Morgan fingerprint density at radius 2 is 1.81 bits per heavy atom. The summed E-state index contributed by atoms with van der Waals surface area (Å²) in [5, 5.41) is 6.52. The van der Waals surface area contributed by atoms with Crippen molar-refractivity contribution in [2.75, 3.05) is 36.9 Å². The van der Waals surface area contributed by atoms with E-state index in [1.807, 2.05) is 13.8 Å². The van der Waals surface area contributed by atoms with Crippen LogP contribution in [0.1, 0.15) is 31.7 Å². The van der Waals surface area contributed by atoms with E-state index >= 15 is 0 Å². The first-order valence-corrected chi connectivity index (χ1v) is 7.29. The second kappa shape index (κ2) is 9.12. The highest BCUT2D eigenvalue weighted by atomic mass is 16.5. The van der Waals surface area contributed by atoms with Crippen molar-refractivity contribution in [3.63, 3.8) is 0 Å². The fraction of sp³-hybridized carbons (Fsp3) is 0.643. The predicted octanol–water partition coefficient (Wildman–Crippen LogP) is 1.08. The second-order valence-corrected chi connectivity index (χ2v) is 4.69. The number of carbonyl (C=O) groups is 1. The number of carbonyl (C=O) groups excluding carboxylic acids is 1. The zero-order valence-electron chi connectivity index (χ0n) is 13.0. The minimum absolute atomic E-state index is 0.0616. The van der Waals surface area contributed by atoms with Gasteiger partial charge in [-0.25, -0.2) is 9.97 Å². The van der Waals surface area contributed by atoms with Gasteiger partial charge in [-0.15, -0.1) is 0 Å². The number of amides is 1. The van der Waals surface area contributed by atoms with Gasteiger partial charge >= 0.3 is 0 Å². The lowest BCUT2D eigenvalue weighted by molar-refractivity contribution is -0.122. The fourth-order valence-electron chi connectivity index (χ4n) is 1.72. The highest BCUT2D eigenvalue weighted by Gasteiger charge is 2.09. The van der Waals surface area contributed by atoms with Gasteiger partial charge in [0.15, 0.2) is 0 Å². The SMILES string of the molecule is CCCNc1nc(CC)nc(NCCOCC(N)=O)c1C. The summed E-state index contributed by atoms with van der Waals surface area (Å²) >= 11 is 0. The van der Waals surface area contributed by atoms with E-state index in [0.29, 0.717) is 13.2 Å². The maximum absolute atomic E-state index is 10.6. The monoisotopic (exact) mass is 295 g/mol. The molecule has 0 atom stereocenters. The van der Waals surface area contributed by atoms with Gasteiger partial charge in [-0.05, 0) is 13.3 Å². The Bertz CT molecular complexity index is 465. The summed E-state index contributed by atoms with van der Waals surface area (Å²) in [6.45, 7) is 7.88. The molecular weight excluding hydrogens is 270 g/mol. The Morgan fingerprint density at radius 3 is 2.33 bits per heavy atom. The van der Waals surface area contributed by atoms with Crippen molar-refractivity contribution in [1.82, 2.24) is 9.97 Å². The predicted molar refractivity (Wildman–Crippen MR) is 83.4 cm³/mol. The fourth-order valence-corrected chi connectivity index (χ4v) is 1.72. The van der Waals surface area contributed by atoms with Crippen molar-refractivity contribution in [2.24, 2.45) is 5.73 Å². The number of rotatable bonds is 10. The number of nitrogens with zero attached hydrogens (tertiary/aromatic N) is 2. The van der Waals surface area contributed by atoms with Gasteiger partial charge in [-0.1, -0.05) is 13.8 Å². The third-order valence-corrected chi connectivity index (χ3v) is 2.83. The number of hydrogen-bond acceptors (Lipinski definition) is 6. The number of hydrogen-bond donors (Lipinski definition) is 3. The topological polar surface area (TPSA) is 102 Å². The Balaban J connectivity index is 2.64. The summed E-state index contributed by atoms with van der Waals surface area (Å²) in [6, 6.07) is 0. The maximum atomic E-state index is 10.6. The van der Waals surface area contributed by atoms with Crippen LogP contribution in [0.2, 0.25) is 0 Å². The lowest BCUT2D eigenvalue weighted by Crippen LogP contribution is -2.21. The van der Waals surface area contributed by atoms with Crippen molar-refractivity contribution in [3.8, 4) is 0 Å². The minimum Gasteiger partial charge on any atom is -0.370 e. The molecule has 0 fully saturated rings. The molecule has 1 rings (SSSR count). The van der Waals surface area contributed by atoms with Crippen molar-refractivity contribution in [2.45, 2.75) is 33.6 Å². The van der Waals surface area contributed by atoms with Crippen LogP contribution in [0, 0.1) is 6.92 Å². The molecule has 0 unspecified atom stereocenters. The van der Waals surface area contributed by atoms with E-state index in [4.69, 9.17) is 10.5 Å². The molecule has 21 heavy (non-hydrogen) atoms. The number of aryl methyl sites for hydroxylation is 1. The molecule has 1 amide bonds. The molecule has 7 nitrogen and oxygen atoms in total. The van der Waals surface area contributed by atoms with Crippen molar-refractivity contribution < 1.29 is 9.53 Å². The molecule has 0 aliphatic carbocycles. The van der Waals surface area contributed by atoms with Crippen LogP contribution in [-0.4, -0.2) is 42.2 Å². The van der Waals surface area contributed by atoms with Gasteiger partial charge in [-0.3, -0.25) is 4.79 Å². The standard InChI is InChI=1S/C14H25N5O2/c1-4-6-16-13-10(3)14(19-12(5-2)18-13)17-7-8-21-9-11(15)20/h4-9H2,1-3H3,(H2,15,20)(H2,16,17,18,19). The van der Waals surface area contributed by atoms with Crippen molar-refractivity contribution in [3.05, 3.63) is 11.4 Å². The van der Waals surface area contributed by atoms with Gasteiger partial charge in [-0.2, -0.15) is 0 Å². The molecule has 0 aliphatic rings. The lowest BCUT2D eigenvalue weighted by atomic mass is 10.2. The molecule has 0 bridgehead atoms. The number of nitrogens with two attached hydrogens (primary N) is 1. The molecule has 7 heteroatoms. The number of nitrogens with one attached hydrogen (secondary N) is 2. The van der Waals surface area contributed by atoms with Gasteiger partial charge in [0.25, 0.3) is 0 Å². The molecule has 0 radical (unpaired) electrons. The number of primary amides is 1. The third kappa shape index (κ3) is 5.95. The summed E-state index contributed by atoms with van der Waals surface area (Å²) in [5.74, 6) is 1.99. The largest absolute Gasteiger partial charge is 0.370 e. The quantitative estimate of drug-likeness (QED) is 0.558. The lowest BCUT2D eigenvalue weighted by Gasteiger charge is -2.14. The summed E-state index contributed by atoms with van der Waals surface area (Å²) in [5.41, 5.74) is 5.98. The molecule has 0 saturated heterocycles. The van der Waals surface area contributed by atoms with Gasteiger partial charge < -0.3 is 21.1 Å². The first-order chi connectivity index (χ1) is 10.1. The Labute approximate surface area is 125 Å². The normalized spacial score (nSPS) is 10.4. The van der Waals surface area contributed by atoms with Gasteiger partial charge in [0.2, 0.25) is 5.91 Å². The average Bonchev–Trinajstić information content (AvgIpc) is 2.46. The molecule has 118 valence electrons. The average molecular weight is 295 g/mol. The second-order valence-electron chi connectivity index (χ2n) is 4.69. The zero-order chi connectivity index (χ0) is 15.7. The number of aromatic nitrogens is 2. The first-order valence-electron chi connectivity index (χ1n) is 7.29. The summed E-state index contributed by atoms with van der Waals surface area (Å²) in [6.07, 6.45) is 1.81. The van der Waals surface area contributed by atoms with Gasteiger partial charge in [0.1, 0.15) is 24.1 Å². The van der Waals surface area contributed by atoms with Gasteiger partial charge in [0.05, 0.1) is 6.61 Å². The molecule has 1 heterocycles. The van der Waals surface area contributed by atoms with Crippen molar-refractivity contribution in [1.29, 1.82) is 0 Å². The van der Waals surface area contributed by atoms with E-state index in [2.05, 4.69) is 27.5 Å². The van der Waals surface area contributed by atoms with Crippen LogP contribution in [0.25, 0.3) is 0 Å². The van der Waals surface area contributed by atoms with E-state index in [1.165, 1.54) is 0 Å². The molecule has 0 aliphatic heterocycles. The summed E-state index contributed by atoms with van der Waals surface area (Å²) in [4.78, 5) is 19.5. The summed E-state index contributed by atoms with van der Waals surface area (Å²) in [7, 11) is 0. The number of ether oxygens (including phenoxy) is 1. The summed E-state index contributed by atoms with van der Waals surface area (Å²) < 4.78 is 5.11. The minimum atomic E-state index is -0.465. The van der Waals surface area contributed by atoms with E-state index < -0.39 is 5.91 Å². The van der Waals surface area contributed by atoms with Crippen LogP contribution in [0.5, 0.6) is 0 Å². The first kappa shape index (κ1) is 17.2. The Morgan fingerprint density at radius 1 is 1.19 bits per heavy atom. The third-order valence-electron chi connectivity index (χ3n) is 2.83. The van der Waals surface area contributed by atoms with Crippen LogP contribution < -0.4 is 16.4 Å². The molecule has 0 spiro atoms. The smallest absolute Gasteiger partial charge is 0.243 e. The Kier molecular flexibility index (Phi) is 7.45. The van der Waals surface area contributed by atoms with E-state index in [1.54, 1.807) is 0 Å². The molecule has 1 aromatic rings. The molecule has 4 N–H and O–H groups in total. The highest BCUT2D eigenvalue weighted by Crippen LogP contribution is 2.20. The van der Waals surface area contributed by atoms with E-state index in [0.717, 1.165) is 42.4 Å². The molecule has 1 aromatic heterocycles. The van der Waals surface area contributed by atoms with Crippen LogP contribution in [-0.2, 0) is 16.0 Å².